The maximum absolute atomic E-state index is 13.1. The Hall–Kier alpha value is -2.38. The van der Waals surface area contributed by atoms with Crippen molar-refractivity contribution in [3.05, 3.63) is 53.1 Å². The van der Waals surface area contributed by atoms with E-state index in [-0.39, 0.29) is 27.4 Å². The van der Waals surface area contributed by atoms with Crippen LogP contribution in [-0.2, 0) is 14.6 Å². The van der Waals surface area contributed by atoms with Crippen LogP contribution >= 0.6 is 11.6 Å². The molecule has 0 aliphatic heterocycles. The first-order valence-electron chi connectivity index (χ1n) is 10.3. The van der Waals surface area contributed by atoms with Crippen molar-refractivity contribution in [1.29, 1.82) is 0 Å². The molecular formula is C23H27ClN2O4S. The molecule has 2 aromatic carbocycles. The van der Waals surface area contributed by atoms with Gasteiger partial charge in [0.1, 0.15) is 0 Å². The highest BCUT2D eigenvalue weighted by Gasteiger charge is 2.29. The number of rotatable bonds is 5. The molecule has 8 heteroatoms. The van der Waals surface area contributed by atoms with Crippen LogP contribution in [0.5, 0.6) is 0 Å². The van der Waals surface area contributed by atoms with Crippen LogP contribution in [0.2, 0.25) is 5.02 Å². The third kappa shape index (κ3) is 5.28. The monoisotopic (exact) mass is 462 g/mol. The Bertz CT molecular complexity index is 1080. The number of carbonyl (C=O) groups excluding carboxylic acids is 2. The molecule has 1 aliphatic rings. The lowest BCUT2D eigenvalue weighted by molar-refractivity contribution is -0.114. The van der Waals surface area contributed by atoms with E-state index in [1.807, 2.05) is 0 Å². The van der Waals surface area contributed by atoms with Gasteiger partial charge in [-0.2, -0.15) is 0 Å². The van der Waals surface area contributed by atoms with Gasteiger partial charge in [0.25, 0.3) is 5.91 Å². The summed E-state index contributed by atoms with van der Waals surface area (Å²) in [7, 11) is -3.92. The van der Waals surface area contributed by atoms with Gasteiger partial charge < -0.3 is 10.6 Å². The zero-order valence-electron chi connectivity index (χ0n) is 17.8. The van der Waals surface area contributed by atoms with Gasteiger partial charge >= 0.3 is 0 Å². The summed E-state index contributed by atoms with van der Waals surface area (Å²) in [5.74, 6) is 0.172. The summed E-state index contributed by atoms with van der Waals surface area (Å²) in [4.78, 5) is 24.6. The molecule has 31 heavy (non-hydrogen) atoms. The van der Waals surface area contributed by atoms with Crippen molar-refractivity contribution >= 4 is 38.9 Å². The van der Waals surface area contributed by atoms with Crippen molar-refractivity contribution in [1.82, 2.24) is 5.32 Å². The second-order valence-corrected chi connectivity index (χ2v) is 10.6. The fourth-order valence-corrected chi connectivity index (χ4v) is 5.49. The van der Waals surface area contributed by atoms with E-state index in [0.717, 1.165) is 19.3 Å². The Morgan fingerprint density at radius 3 is 2.35 bits per heavy atom. The highest BCUT2D eigenvalue weighted by Crippen LogP contribution is 2.31. The molecule has 1 aliphatic carbocycles. The molecule has 2 amide bonds. The normalized spacial score (nSPS) is 21.4. The number of halogens is 1. The van der Waals surface area contributed by atoms with Crippen LogP contribution in [0.1, 0.15) is 50.4 Å². The minimum absolute atomic E-state index is 0.0470. The summed E-state index contributed by atoms with van der Waals surface area (Å²) >= 11 is 5.87. The van der Waals surface area contributed by atoms with E-state index in [2.05, 4.69) is 24.5 Å². The van der Waals surface area contributed by atoms with E-state index >= 15 is 0 Å². The Kier molecular flexibility index (Phi) is 7.06. The molecule has 2 N–H and O–H groups in total. The predicted octanol–water partition coefficient (Wildman–Crippen LogP) is 4.69. The van der Waals surface area contributed by atoms with Crippen molar-refractivity contribution in [2.45, 2.75) is 55.9 Å². The molecule has 0 aromatic heterocycles. The molecule has 3 atom stereocenters. The first kappa shape index (κ1) is 23.3. The van der Waals surface area contributed by atoms with Gasteiger partial charge in [0.05, 0.1) is 15.5 Å². The van der Waals surface area contributed by atoms with Crippen molar-refractivity contribution in [3.8, 4) is 0 Å². The van der Waals surface area contributed by atoms with Crippen LogP contribution in [0, 0.1) is 11.8 Å². The molecule has 0 spiro atoms. The average Bonchev–Trinajstić information content (AvgIpc) is 2.71. The van der Waals surface area contributed by atoms with E-state index < -0.39 is 15.7 Å². The summed E-state index contributed by atoms with van der Waals surface area (Å²) < 4.78 is 26.3. The number of nitrogens with one attached hydrogen (secondary N) is 2. The van der Waals surface area contributed by atoms with E-state index in [4.69, 9.17) is 11.6 Å². The first-order valence-corrected chi connectivity index (χ1v) is 12.2. The van der Waals surface area contributed by atoms with Gasteiger partial charge in [-0.15, -0.1) is 0 Å². The highest BCUT2D eigenvalue weighted by atomic mass is 35.5. The number of anilines is 1. The summed E-state index contributed by atoms with van der Waals surface area (Å²) in [6.07, 6.45) is 3.13. The molecule has 1 saturated carbocycles. The van der Waals surface area contributed by atoms with E-state index in [1.165, 1.54) is 49.4 Å². The quantitative estimate of drug-likeness (QED) is 0.674. The highest BCUT2D eigenvalue weighted by molar-refractivity contribution is 7.91. The molecule has 2 aromatic rings. The number of amides is 2. The molecule has 0 heterocycles. The molecule has 1 fully saturated rings. The molecule has 0 unspecified atom stereocenters. The summed E-state index contributed by atoms with van der Waals surface area (Å²) in [6, 6.07) is 10.1. The van der Waals surface area contributed by atoms with Crippen LogP contribution in [0.4, 0.5) is 5.69 Å². The van der Waals surface area contributed by atoms with Gasteiger partial charge in [-0.3, -0.25) is 9.59 Å². The van der Waals surface area contributed by atoms with E-state index in [1.54, 1.807) is 0 Å². The SMILES string of the molecule is CC(=O)Nc1cc(C(=O)N[C@@H]2CCC[C@@H](C)[C@@H]2C)ccc1S(=O)(=O)c1ccc(Cl)cc1. The van der Waals surface area contributed by atoms with Crippen LogP contribution in [0.3, 0.4) is 0 Å². The Morgan fingerprint density at radius 1 is 1.03 bits per heavy atom. The second kappa shape index (κ2) is 9.40. The Labute approximate surface area is 188 Å². The minimum Gasteiger partial charge on any atom is -0.349 e. The smallest absolute Gasteiger partial charge is 0.251 e. The van der Waals surface area contributed by atoms with Gasteiger partial charge in [-0.25, -0.2) is 8.42 Å². The molecule has 0 saturated heterocycles. The predicted molar refractivity (Wildman–Crippen MR) is 121 cm³/mol. The third-order valence-corrected chi connectivity index (χ3v) is 8.07. The van der Waals surface area contributed by atoms with Crippen LogP contribution < -0.4 is 10.6 Å². The first-order chi connectivity index (χ1) is 14.6. The lowest BCUT2D eigenvalue weighted by atomic mass is 9.78. The number of sulfone groups is 1. The van der Waals surface area contributed by atoms with Crippen LogP contribution in [0.15, 0.2) is 52.3 Å². The third-order valence-electron chi connectivity index (χ3n) is 5.99. The molecule has 166 valence electrons. The van der Waals surface area contributed by atoms with Crippen LogP contribution in [-0.4, -0.2) is 26.3 Å². The topological polar surface area (TPSA) is 92.3 Å². The zero-order valence-corrected chi connectivity index (χ0v) is 19.4. The largest absolute Gasteiger partial charge is 0.349 e. The molecular weight excluding hydrogens is 436 g/mol. The number of carbonyl (C=O) groups is 2. The van der Waals surface area contributed by atoms with Crippen molar-refractivity contribution in [2.24, 2.45) is 11.8 Å². The van der Waals surface area contributed by atoms with Crippen molar-refractivity contribution < 1.29 is 18.0 Å². The van der Waals surface area contributed by atoms with Gasteiger partial charge in [0.15, 0.2) is 0 Å². The lowest BCUT2D eigenvalue weighted by Gasteiger charge is -2.34. The lowest BCUT2D eigenvalue weighted by Crippen LogP contribution is -2.43. The number of hydrogen-bond acceptors (Lipinski definition) is 4. The summed E-state index contributed by atoms with van der Waals surface area (Å²) in [5.41, 5.74) is 0.365. The molecule has 3 rings (SSSR count). The standard InChI is InChI=1S/C23H27ClN2O4S/c1-14-5-4-6-20(15(14)2)26-23(28)17-7-12-22(21(13-17)25-16(3)27)31(29,30)19-10-8-18(24)9-11-19/h7-15,20H,4-6H2,1-3H3,(H,25,27)(H,26,28)/t14-,15+,20-/m1/s1. The van der Waals surface area contributed by atoms with E-state index in [0.29, 0.717) is 22.4 Å². The van der Waals surface area contributed by atoms with Gasteiger partial charge in [-0.05, 0) is 60.7 Å². The van der Waals surface area contributed by atoms with Gasteiger partial charge in [0.2, 0.25) is 15.7 Å². The molecule has 0 radical (unpaired) electrons. The fourth-order valence-electron chi connectivity index (χ4n) is 3.97. The Balaban J connectivity index is 1.93. The fraction of sp³-hybridized carbons (Fsp3) is 0.391. The van der Waals surface area contributed by atoms with Crippen LogP contribution in [0.25, 0.3) is 0 Å². The minimum atomic E-state index is -3.92. The molecule has 6 nitrogen and oxygen atoms in total. The average molecular weight is 463 g/mol. The Morgan fingerprint density at radius 2 is 1.71 bits per heavy atom. The van der Waals surface area contributed by atoms with Gasteiger partial charge in [0, 0.05) is 23.6 Å². The van der Waals surface area contributed by atoms with Crippen molar-refractivity contribution in [3.63, 3.8) is 0 Å². The second-order valence-electron chi connectivity index (χ2n) is 8.20. The van der Waals surface area contributed by atoms with Crippen molar-refractivity contribution in [2.75, 3.05) is 5.32 Å². The maximum atomic E-state index is 13.1. The number of benzene rings is 2. The maximum Gasteiger partial charge on any atom is 0.251 e. The summed E-state index contributed by atoms with van der Waals surface area (Å²) in [6.45, 7) is 5.62. The zero-order chi connectivity index (χ0) is 22.8. The van der Waals surface area contributed by atoms with Gasteiger partial charge in [-0.1, -0.05) is 38.3 Å². The molecule has 0 bridgehead atoms. The van der Waals surface area contributed by atoms with E-state index in [9.17, 15) is 18.0 Å². The number of hydrogen-bond donors (Lipinski definition) is 2. The summed E-state index contributed by atoms with van der Waals surface area (Å²) in [5, 5.41) is 6.04.